The highest BCUT2D eigenvalue weighted by Crippen LogP contribution is 2.54. The van der Waals surface area contributed by atoms with Crippen LogP contribution in [-0.4, -0.2) is 20.9 Å². The average Bonchev–Trinajstić information content (AvgIpc) is 3.43. The van der Waals surface area contributed by atoms with E-state index in [4.69, 9.17) is 18.1 Å². The normalized spacial score (nSPS) is 12.0. The Kier molecular flexibility index (Phi) is 14.0. The van der Waals surface area contributed by atoms with Crippen LogP contribution in [0.4, 0.5) is 5.69 Å². The van der Waals surface area contributed by atoms with Gasteiger partial charge in [-0.1, -0.05) is 175 Å². The predicted molar refractivity (Wildman–Crippen MR) is 303 cm³/mol. The molecule has 0 unspecified atom stereocenters. The van der Waals surface area contributed by atoms with Gasteiger partial charge >= 0.3 is 17.1 Å². The van der Waals surface area contributed by atoms with Gasteiger partial charge in [0.25, 0.3) is 20.0 Å². The first kappa shape index (κ1) is 49.4. The fraction of sp³-hybridized carbons (Fsp3) is 0.0492. The summed E-state index contributed by atoms with van der Waals surface area (Å²) < 4.78 is 92.7. The molecule has 0 aromatic heterocycles. The van der Waals surface area contributed by atoms with Gasteiger partial charge in [0.1, 0.15) is 23.0 Å². The van der Waals surface area contributed by atoms with Gasteiger partial charge in [0.05, 0.1) is 22.0 Å². The van der Waals surface area contributed by atoms with Crippen LogP contribution in [0.15, 0.2) is 252 Å². The second-order valence-electron chi connectivity index (χ2n) is 17.9. The molecule has 11 aromatic rings. The van der Waals surface area contributed by atoms with Crippen molar-refractivity contribution in [1.29, 1.82) is 0 Å². The van der Waals surface area contributed by atoms with Crippen LogP contribution >= 0.6 is 17.1 Å². The second kappa shape index (κ2) is 21.2. The number of rotatable bonds is 17. The van der Waals surface area contributed by atoms with Crippen molar-refractivity contribution in [1.82, 2.24) is 4.08 Å². The maximum absolute atomic E-state index is 15.8. The lowest BCUT2D eigenvalue weighted by Gasteiger charge is -2.33. The minimum Gasteiger partial charge on any atom is -0.426 e. The molecule has 0 heterocycles. The van der Waals surface area contributed by atoms with Crippen molar-refractivity contribution in [3.63, 3.8) is 0 Å². The Hall–Kier alpha value is -7.82. The van der Waals surface area contributed by atoms with E-state index in [9.17, 15) is 0 Å². The molecule has 11 rings (SSSR count). The molecule has 14 heteroatoms. The lowest BCUT2D eigenvalue weighted by atomic mass is 10.1. The van der Waals surface area contributed by atoms with Crippen molar-refractivity contribution in [2.75, 3.05) is 4.08 Å². The average molecular weight is 1060 g/mol. The zero-order valence-electron chi connectivity index (χ0n) is 40.7. The minimum absolute atomic E-state index is 0.0204. The lowest BCUT2D eigenvalue weighted by Crippen LogP contribution is -2.33. The van der Waals surface area contributed by atoms with E-state index in [0.717, 1.165) is 58.3 Å². The Morgan fingerprint density at radius 3 is 1.05 bits per heavy atom. The van der Waals surface area contributed by atoms with Gasteiger partial charge in [-0.2, -0.15) is 4.08 Å². The molecule has 0 saturated heterocycles. The fourth-order valence-electron chi connectivity index (χ4n) is 8.61. The summed E-state index contributed by atoms with van der Waals surface area (Å²) in [5, 5.41) is 7.33. The van der Waals surface area contributed by atoms with Crippen molar-refractivity contribution in [3.05, 3.63) is 259 Å². The molecule has 0 N–H and O–H groups in total. The minimum atomic E-state index is -4.62. The van der Waals surface area contributed by atoms with Gasteiger partial charge in [-0.15, -0.1) is 4.08 Å². The third kappa shape index (κ3) is 10.8. The van der Waals surface area contributed by atoms with Crippen LogP contribution in [0.2, 0.25) is 0 Å². The van der Waals surface area contributed by atoms with E-state index in [1.165, 1.54) is 4.08 Å². The van der Waals surface area contributed by atoms with Crippen molar-refractivity contribution in [2.45, 2.75) is 30.2 Å². The molecule has 0 saturated carbocycles. The summed E-state index contributed by atoms with van der Waals surface area (Å²) in [5.41, 5.74) is 2.08. The molecule has 0 fully saturated rings. The lowest BCUT2D eigenvalue weighted by molar-refractivity contribution is 0.418. The number of fused-ring (bicyclic) bond motifs is 4. The smallest absolute Gasteiger partial charge is 0.426 e. The fourth-order valence-corrected chi connectivity index (χ4v) is 15.4. The first-order valence-electron chi connectivity index (χ1n) is 24.0. The monoisotopic (exact) mass is 1060 g/mol. The zero-order valence-corrected chi connectivity index (χ0v) is 44.1. The number of anilines is 1. The highest BCUT2D eigenvalue weighted by molar-refractivity contribution is 7.99. The molecule has 0 aliphatic carbocycles. The van der Waals surface area contributed by atoms with E-state index >= 15 is 16.8 Å². The van der Waals surface area contributed by atoms with Crippen molar-refractivity contribution in [3.8, 4) is 23.0 Å². The predicted octanol–water partition coefficient (Wildman–Crippen LogP) is 16.1. The molecule has 0 atom stereocenters. The third-order valence-electron chi connectivity index (χ3n) is 12.6. The SMILES string of the molecule is Cc1ccc(S(=O)(=O)N(Cc2ccccc2N(P(Oc2ccc3ccccc3c2)Oc2ccc3ccccc3c2)S(=O)(=O)c2ccc(C)cc2)P(Oc2ccc3ccccc3c2)Oc2ccc3ccccc3c2)cc1. The molecule has 372 valence electrons. The third-order valence-corrected chi connectivity index (χ3v) is 20.2. The summed E-state index contributed by atoms with van der Waals surface area (Å²) in [6.45, 7) is 3.32. The summed E-state index contributed by atoms with van der Waals surface area (Å²) in [5.74, 6) is 1.42. The number of hydrogen-bond donors (Lipinski definition) is 0. The van der Waals surface area contributed by atoms with Gasteiger partial charge in [-0.3, -0.25) is 0 Å². The molecule has 75 heavy (non-hydrogen) atoms. The van der Waals surface area contributed by atoms with E-state index in [1.807, 2.05) is 159 Å². The highest BCUT2D eigenvalue weighted by atomic mass is 32.2. The Bertz CT molecular complexity index is 3950. The summed E-state index contributed by atoms with van der Waals surface area (Å²) in [6, 6.07) is 73.2. The van der Waals surface area contributed by atoms with Gasteiger partial charge in [0, 0.05) is 0 Å². The van der Waals surface area contributed by atoms with Crippen molar-refractivity contribution >= 4 is 85.9 Å². The molecular formula is C61H48N2O8P2S2. The van der Waals surface area contributed by atoms with Crippen LogP contribution in [0.3, 0.4) is 0 Å². The number of benzene rings is 11. The Labute approximate surface area is 439 Å². The van der Waals surface area contributed by atoms with Crippen molar-refractivity contribution in [2.24, 2.45) is 0 Å². The molecule has 0 aliphatic rings. The Morgan fingerprint density at radius 2 is 0.667 bits per heavy atom. The number of aryl methyl sites for hydroxylation is 2. The van der Waals surface area contributed by atoms with Gasteiger partial charge in [0.15, 0.2) is 0 Å². The maximum Gasteiger partial charge on any atom is 0.432 e. The van der Waals surface area contributed by atoms with E-state index in [0.29, 0.717) is 23.0 Å². The van der Waals surface area contributed by atoms with Crippen molar-refractivity contribution < 1.29 is 34.9 Å². The number of para-hydroxylation sites is 1. The molecule has 10 nitrogen and oxygen atoms in total. The molecule has 0 spiro atoms. The first-order valence-corrected chi connectivity index (χ1v) is 29.2. The molecule has 0 amide bonds. The largest absolute Gasteiger partial charge is 0.432 e. The van der Waals surface area contributed by atoms with Gasteiger partial charge < -0.3 is 18.1 Å². The van der Waals surface area contributed by atoms with Gasteiger partial charge in [0.2, 0.25) is 0 Å². The van der Waals surface area contributed by atoms with Crippen LogP contribution in [-0.2, 0) is 26.6 Å². The van der Waals surface area contributed by atoms with E-state index in [-0.39, 0.29) is 21.0 Å². The van der Waals surface area contributed by atoms with E-state index in [2.05, 4.69) is 0 Å². The summed E-state index contributed by atoms with van der Waals surface area (Å²) in [6.07, 6.45) is 0. The van der Waals surface area contributed by atoms with Crippen LogP contribution < -0.4 is 22.2 Å². The van der Waals surface area contributed by atoms with E-state index < -0.39 is 43.6 Å². The summed E-state index contributed by atoms with van der Waals surface area (Å²) in [7, 11) is -14.5. The second-order valence-corrected chi connectivity index (χ2v) is 24.6. The van der Waals surface area contributed by atoms with Gasteiger partial charge in [-0.05, 0) is 141 Å². The Balaban J connectivity index is 1.10. The van der Waals surface area contributed by atoms with E-state index in [1.54, 1.807) is 97.1 Å². The molecule has 0 radical (unpaired) electrons. The van der Waals surface area contributed by atoms with Gasteiger partial charge in [-0.25, -0.2) is 16.8 Å². The Morgan fingerprint density at radius 1 is 0.347 bits per heavy atom. The number of nitrogens with zero attached hydrogens (tertiary/aromatic N) is 2. The van der Waals surface area contributed by atoms with Crippen LogP contribution in [0, 0.1) is 13.8 Å². The molecule has 0 bridgehead atoms. The quantitative estimate of drug-likeness (QED) is 0.0829. The van der Waals surface area contributed by atoms with Crippen LogP contribution in [0.25, 0.3) is 43.1 Å². The first-order chi connectivity index (χ1) is 36.4. The molecule has 0 aliphatic heterocycles. The van der Waals surface area contributed by atoms with Crippen LogP contribution in [0.5, 0.6) is 23.0 Å². The zero-order chi connectivity index (χ0) is 51.5. The number of hydrogen-bond acceptors (Lipinski definition) is 8. The summed E-state index contributed by atoms with van der Waals surface area (Å²) >= 11 is 0. The topological polar surface area (TPSA) is 112 Å². The maximum atomic E-state index is 15.8. The standard InChI is InChI=1S/C61H48N2O8P2S2/c1-44-23-35-59(36-24-44)74(64,65)62(72(68-55-31-27-46-13-3-7-17-50(46)39-55)69-56-32-28-47-14-4-8-18-51(47)40-56)43-54-21-11-12-22-61(54)63(75(66,67)60-37-25-45(2)26-38-60)73(70-57-33-29-48-15-5-9-19-52(48)41-57)71-58-34-30-49-16-6-10-20-53(49)42-58/h3-42H,43H2,1-2H3. The molecular weight excluding hydrogens is 1010 g/mol. The molecule has 11 aromatic carbocycles. The summed E-state index contributed by atoms with van der Waals surface area (Å²) in [4.78, 5) is -0.0572. The number of sulfonamides is 2. The highest BCUT2D eigenvalue weighted by Gasteiger charge is 2.42. The van der Waals surface area contributed by atoms with Crippen LogP contribution in [0.1, 0.15) is 16.7 Å².